The Kier molecular flexibility index (Phi) is 2.80. The minimum absolute atomic E-state index is 0.418. The Morgan fingerprint density at radius 1 is 1.27 bits per heavy atom. The number of unbranched alkanes of at least 4 members (excludes halogenated alkanes) is 2. The molecule has 1 aromatic rings. The molecule has 1 aliphatic heterocycles. The van der Waals surface area contributed by atoms with Crippen molar-refractivity contribution in [2.75, 3.05) is 0 Å². The number of amides is 2. The normalized spacial score (nSPS) is 13.3. The van der Waals surface area contributed by atoms with E-state index in [2.05, 4.69) is 26.9 Å². The van der Waals surface area contributed by atoms with E-state index >= 15 is 0 Å². The predicted octanol–water partition coefficient (Wildman–Crippen LogP) is 0.582. The number of rotatable bonds is 4. The van der Waals surface area contributed by atoms with E-state index in [1.807, 2.05) is 0 Å². The first-order valence-electron chi connectivity index (χ1n) is 5.13. The zero-order valence-corrected chi connectivity index (χ0v) is 8.60. The maximum atomic E-state index is 10.9. The average molecular weight is 204 g/mol. The number of hydrogen-bond donors (Lipinski definition) is 0. The molecule has 0 aliphatic carbocycles. The first-order chi connectivity index (χ1) is 7.29. The third-order valence-corrected chi connectivity index (χ3v) is 2.22. The summed E-state index contributed by atoms with van der Waals surface area (Å²) in [5.74, 6) is 0.746. The average Bonchev–Trinajstić information content (AvgIpc) is 2.57. The summed E-state index contributed by atoms with van der Waals surface area (Å²) in [5, 5.41) is 0.485. The number of aryl methyl sites for hydroxylation is 1. The van der Waals surface area contributed by atoms with Crippen molar-refractivity contribution >= 4 is 6.03 Å². The van der Waals surface area contributed by atoms with E-state index in [1.54, 1.807) is 6.20 Å². The number of hydrogen-bond acceptors (Lipinski definition) is 3. The molecule has 5 nitrogen and oxygen atoms in total. The van der Waals surface area contributed by atoms with Crippen molar-refractivity contribution in [3.63, 3.8) is 0 Å². The lowest BCUT2D eigenvalue weighted by Crippen LogP contribution is -2.27. The highest BCUT2D eigenvalue weighted by Crippen LogP contribution is 1.99. The highest BCUT2D eigenvalue weighted by atomic mass is 16.2. The summed E-state index contributed by atoms with van der Waals surface area (Å²) in [6.45, 7) is 2.15. The zero-order valence-electron chi connectivity index (χ0n) is 8.60. The largest absolute Gasteiger partial charge is 0.369 e. The molecule has 0 spiro atoms. The van der Waals surface area contributed by atoms with Crippen LogP contribution in [0.3, 0.4) is 0 Å². The minimum Gasteiger partial charge on any atom is -0.244 e. The Morgan fingerprint density at radius 2 is 2.13 bits per heavy atom. The van der Waals surface area contributed by atoms with Crippen LogP contribution in [0, 0.1) is 0 Å². The fourth-order valence-corrected chi connectivity index (χ4v) is 1.44. The number of nitrogens with zero attached hydrogens (tertiary/aromatic N) is 4. The van der Waals surface area contributed by atoms with Crippen LogP contribution in [0.4, 0.5) is 4.79 Å². The van der Waals surface area contributed by atoms with Gasteiger partial charge in [0.1, 0.15) is 11.2 Å². The molecule has 1 aliphatic rings. The quantitative estimate of drug-likeness (QED) is 0.674. The van der Waals surface area contributed by atoms with E-state index in [9.17, 15) is 4.79 Å². The monoisotopic (exact) mass is 204 g/mol. The highest BCUT2D eigenvalue weighted by Gasteiger charge is 2.07. The van der Waals surface area contributed by atoms with Crippen molar-refractivity contribution in [1.29, 1.82) is 0 Å². The second kappa shape index (κ2) is 4.25. The molecule has 78 valence electrons. The molecule has 1 aromatic heterocycles. The van der Waals surface area contributed by atoms with Gasteiger partial charge in [0, 0.05) is 6.42 Å². The van der Waals surface area contributed by atoms with Gasteiger partial charge in [-0.25, -0.2) is 14.8 Å². The van der Waals surface area contributed by atoms with Crippen molar-refractivity contribution in [3.05, 3.63) is 22.9 Å². The van der Waals surface area contributed by atoms with Crippen LogP contribution in [0.15, 0.2) is 16.2 Å². The zero-order chi connectivity index (χ0) is 10.7. The lowest BCUT2D eigenvalue weighted by Gasteiger charge is -1.96. The summed E-state index contributed by atoms with van der Waals surface area (Å²) >= 11 is 0. The summed E-state index contributed by atoms with van der Waals surface area (Å²) in [4.78, 5) is 26.5. The van der Waals surface area contributed by atoms with Crippen molar-refractivity contribution in [3.8, 4) is 0 Å². The third kappa shape index (κ3) is 2.23. The van der Waals surface area contributed by atoms with Crippen LogP contribution < -0.4 is 10.8 Å². The molecule has 0 bridgehead atoms. The Labute approximate surface area is 87.0 Å². The Bertz CT molecular complexity index is 495. The van der Waals surface area contributed by atoms with Crippen molar-refractivity contribution in [1.82, 2.24) is 9.97 Å². The van der Waals surface area contributed by atoms with E-state index in [-0.39, 0.29) is 0 Å². The van der Waals surface area contributed by atoms with Gasteiger partial charge in [-0.3, -0.25) is 0 Å². The second-order valence-electron chi connectivity index (χ2n) is 3.46. The maximum absolute atomic E-state index is 10.9. The highest BCUT2D eigenvalue weighted by molar-refractivity contribution is 5.77. The molecule has 0 saturated heterocycles. The topological polar surface area (TPSA) is 67.6 Å². The van der Waals surface area contributed by atoms with Gasteiger partial charge < -0.3 is 0 Å². The molecule has 15 heavy (non-hydrogen) atoms. The van der Waals surface area contributed by atoms with Crippen molar-refractivity contribution in [2.24, 2.45) is 9.98 Å². The van der Waals surface area contributed by atoms with Crippen LogP contribution in [-0.2, 0) is 6.42 Å². The molecule has 5 heteroatoms. The Hall–Kier alpha value is -1.65. The van der Waals surface area contributed by atoms with Gasteiger partial charge in [-0.2, -0.15) is 9.98 Å². The summed E-state index contributed by atoms with van der Waals surface area (Å²) in [5.41, 5.74) is 0.418. The molecular formula is C10H12N4O. The number of carbonyl (C=O) groups is 1. The van der Waals surface area contributed by atoms with Crippen LogP contribution in [0.5, 0.6) is 0 Å². The van der Waals surface area contributed by atoms with E-state index in [0.29, 0.717) is 10.8 Å². The van der Waals surface area contributed by atoms with Gasteiger partial charge in [0.15, 0.2) is 5.49 Å². The molecule has 0 radical (unpaired) electrons. The van der Waals surface area contributed by atoms with E-state index < -0.39 is 6.03 Å². The number of carbonyl (C=O) groups excluding carboxylic acids is 1. The minimum atomic E-state index is -0.481. The smallest absolute Gasteiger partial charge is 0.244 e. The van der Waals surface area contributed by atoms with E-state index in [0.717, 1.165) is 18.7 Å². The molecule has 2 heterocycles. The van der Waals surface area contributed by atoms with Crippen molar-refractivity contribution in [2.45, 2.75) is 32.6 Å². The summed E-state index contributed by atoms with van der Waals surface area (Å²) in [6.07, 6.45) is 5.81. The van der Waals surface area contributed by atoms with Crippen LogP contribution in [0.25, 0.3) is 0 Å². The molecule has 0 saturated carbocycles. The van der Waals surface area contributed by atoms with Gasteiger partial charge in [0.25, 0.3) is 0 Å². The molecule has 2 amide bonds. The molecule has 0 unspecified atom stereocenters. The summed E-state index contributed by atoms with van der Waals surface area (Å²) in [6, 6.07) is -0.481. The van der Waals surface area contributed by atoms with Crippen LogP contribution in [0.1, 0.15) is 32.0 Å². The van der Waals surface area contributed by atoms with Crippen LogP contribution >= 0.6 is 0 Å². The standard InChI is InChI=1S/C10H12N4O/c1-2-3-4-5-8-11-6-7-9(13-8)14-10(15)12-7/h6H,2-5H2,1H3. The Balaban J connectivity index is 2.18. The van der Waals surface area contributed by atoms with Crippen LogP contribution in [-0.4, -0.2) is 16.0 Å². The van der Waals surface area contributed by atoms with Gasteiger partial charge in [-0.15, -0.1) is 0 Å². The van der Waals surface area contributed by atoms with Gasteiger partial charge in [0.05, 0.1) is 6.20 Å². The van der Waals surface area contributed by atoms with Gasteiger partial charge in [-0.05, 0) is 6.42 Å². The lowest BCUT2D eigenvalue weighted by atomic mass is 10.2. The number of aromatic nitrogens is 2. The predicted molar refractivity (Wildman–Crippen MR) is 53.0 cm³/mol. The molecule has 0 aromatic carbocycles. The Morgan fingerprint density at radius 3 is 2.93 bits per heavy atom. The fourth-order valence-electron chi connectivity index (χ4n) is 1.44. The lowest BCUT2D eigenvalue weighted by molar-refractivity contribution is 0.256. The van der Waals surface area contributed by atoms with Gasteiger partial charge in [-0.1, -0.05) is 19.8 Å². The number of urea groups is 1. The molecule has 0 N–H and O–H groups in total. The SMILES string of the molecule is CCCCCc1ncc2c(n1)=NC(=O)N=2. The molecule has 0 atom stereocenters. The maximum Gasteiger partial charge on any atom is 0.369 e. The summed E-state index contributed by atoms with van der Waals surface area (Å²) in [7, 11) is 0. The van der Waals surface area contributed by atoms with Gasteiger partial charge in [0.2, 0.25) is 0 Å². The van der Waals surface area contributed by atoms with E-state index in [4.69, 9.17) is 0 Å². The summed E-state index contributed by atoms with van der Waals surface area (Å²) < 4.78 is 0. The van der Waals surface area contributed by atoms with Crippen LogP contribution in [0.2, 0.25) is 0 Å². The first-order valence-corrected chi connectivity index (χ1v) is 5.13. The molecule has 0 fully saturated rings. The number of fused-ring (bicyclic) bond motifs is 1. The van der Waals surface area contributed by atoms with E-state index in [1.165, 1.54) is 12.8 Å². The first kappa shape index (κ1) is 9.89. The molecular weight excluding hydrogens is 192 g/mol. The molecule has 2 rings (SSSR count). The third-order valence-electron chi connectivity index (χ3n) is 2.22. The second-order valence-corrected chi connectivity index (χ2v) is 3.46. The van der Waals surface area contributed by atoms with Crippen molar-refractivity contribution < 1.29 is 4.79 Å². The van der Waals surface area contributed by atoms with Gasteiger partial charge >= 0.3 is 6.03 Å². The fraction of sp³-hybridized carbons (Fsp3) is 0.500.